The normalized spacial score (nSPS) is 18.3. The topological polar surface area (TPSA) is 29.5 Å². The molecule has 3 nitrogen and oxygen atoms in total. The molecule has 0 aromatic rings. The Hall–Kier alpha value is -0.570. The van der Waals surface area contributed by atoms with Crippen molar-refractivity contribution in [2.75, 3.05) is 26.3 Å². The lowest BCUT2D eigenvalue weighted by Crippen LogP contribution is -2.41. The van der Waals surface area contributed by atoms with Gasteiger partial charge < -0.3 is 9.64 Å². The van der Waals surface area contributed by atoms with Gasteiger partial charge in [-0.1, -0.05) is 34.6 Å². The van der Waals surface area contributed by atoms with Crippen molar-refractivity contribution in [3.8, 4) is 0 Å². The van der Waals surface area contributed by atoms with Crippen LogP contribution in [0.1, 0.15) is 47.5 Å². The van der Waals surface area contributed by atoms with Gasteiger partial charge in [0, 0.05) is 19.5 Å². The number of carbonyl (C=O) groups excluding carboxylic acids is 1. The minimum atomic E-state index is 0.189. The highest BCUT2D eigenvalue weighted by Crippen LogP contribution is 2.41. The molecule has 0 aromatic heterocycles. The lowest BCUT2D eigenvalue weighted by atomic mass is 9.67. The quantitative estimate of drug-likeness (QED) is 0.760. The molecule has 0 saturated carbocycles. The Morgan fingerprint density at radius 2 is 1.65 bits per heavy atom. The van der Waals surface area contributed by atoms with E-state index in [1.54, 1.807) is 0 Å². The van der Waals surface area contributed by atoms with Gasteiger partial charge in [0.25, 0.3) is 0 Å². The molecule has 0 aliphatic carbocycles. The van der Waals surface area contributed by atoms with Crippen LogP contribution in [-0.4, -0.2) is 37.1 Å². The van der Waals surface area contributed by atoms with Gasteiger partial charge >= 0.3 is 0 Å². The van der Waals surface area contributed by atoms with Crippen molar-refractivity contribution in [1.82, 2.24) is 4.90 Å². The van der Waals surface area contributed by atoms with Crippen LogP contribution in [0.15, 0.2) is 0 Å². The van der Waals surface area contributed by atoms with Crippen molar-refractivity contribution < 1.29 is 9.53 Å². The molecule has 1 aliphatic rings. The Labute approximate surface area is 106 Å². The summed E-state index contributed by atoms with van der Waals surface area (Å²) in [6, 6.07) is 0. The standard InChI is InChI=1S/C14H27NO2/c1-13(2,3)14(4,5)7-6-12(16)15-8-10-17-11-9-15/h6-11H2,1-5H3. The molecular weight excluding hydrogens is 214 g/mol. The highest BCUT2D eigenvalue weighted by atomic mass is 16.5. The van der Waals surface area contributed by atoms with Gasteiger partial charge in [0.05, 0.1) is 13.2 Å². The van der Waals surface area contributed by atoms with Crippen LogP contribution in [0.2, 0.25) is 0 Å². The number of morpholine rings is 1. The van der Waals surface area contributed by atoms with Crippen molar-refractivity contribution in [2.45, 2.75) is 47.5 Å². The van der Waals surface area contributed by atoms with E-state index < -0.39 is 0 Å². The number of nitrogens with zero attached hydrogens (tertiary/aromatic N) is 1. The average Bonchev–Trinajstić information content (AvgIpc) is 2.25. The third kappa shape index (κ3) is 3.98. The molecule has 1 heterocycles. The number of rotatable bonds is 3. The zero-order chi connectivity index (χ0) is 13.1. The molecule has 100 valence electrons. The van der Waals surface area contributed by atoms with Crippen LogP contribution in [0.5, 0.6) is 0 Å². The fourth-order valence-electron chi connectivity index (χ4n) is 1.77. The predicted molar refractivity (Wildman–Crippen MR) is 69.9 cm³/mol. The van der Waals surface area contributed by atoms with Crippen LogP contribution < -0.4 is 0 Å². The largest absolute Gasteiger partial charge is 0.378 e. The highest BCUT2D eigenvalue weighted by Gasteiger charge is 2.33. The lowest BCUT2D eigenvalue weighted by molar-refractivity contribution is -0.136. The summed E-state index contributed by atoms with van der Waals surface area (Å²) in [5, 5.41) is 0. The summed E-state index contributed by atoms with van der Waals surface area (Å²) in [5.41, 5.74) is 0.424. The Balaban J connectivity index is 2.42. The average molecular weight is 241 g/mol. The summed E-state index contributed by atoms with van der Waals surface area (Å²) in [4.78, 5) is 14.0. The lowest BCUT2D eigenvalue weighted by Gasteiger charge is -2.39. The van der Waals surface area contributed by atoms with E-state index in [-0.39, 0.29) is 16.7 Å². The molecule has 0 radical (unpaired) electrons. The van der Waals surface area contributed by atoms with Crippen molar-refractivity contribution in [3.05, 3.63) is 0 Å². The van der Waals surface area contributed by atoms with E-state index in [0.717, 1.165) is 19.5 Å². The molecule has 0 atom stereocenters. The maximum absolute atomic E-state index is 12.0. The van der Waals surface area contributed by atoms with E-state index in [4.69, 9.17) is 4.74 Å². The summed E-state index contributed by atoms with van der Waals surface area (Å²) in [6.07, 6.45) is 1.61. The van der Waals surface area contributed by atoms with Crippen molar-refractivity contribution in [2.24, 2.45) is 10.8 Å². The van der Waals surface area contributed by atoms with E-state index in [2.05, 4.69) is 34.6 Å². The van der Waals surface area contributed by atoms with Crippen LogP contribution in [0.4, 0.5) is 0 Å². The molecule has 0 N–H and O–H groups in total. The van der Waals surface area contributed by atoms with Gasteiger partial charge in [-0.2, -0.15) is 0 Å². The minimum Gasteiger partial charge on any atom is -0.378 e. The van der Waals surface area contributed by atoms with Crippen LogP contribution >= 0.6 is 0 Å². The van der Waals surface area contributed by atoms with E-state index >= 15 is 0 Å². The van der Waals surface area contributed by atoms with E-state index in [1.165, 1.54) is 0 Å². The number of amides is 1. The van der Waals surface area contributed by atoms with Gasteiger partial charge in [-0.15, -0.1) is 0 Å². The molecule has 1 saturated heterocycles. The maximum Gasteiger partial charge on any atom is 0.222 e. The molecule has 0 unspecified atom stereocenters. The highest BCUT2D eigenvalue weighted by molar-refractivity contribution is 5.76. The predicted octanol–water partition coefficient (Wildman–Crippen LogP) is 2.70. The van der Waals surface area contributed by atoms with Gasteiger partial charge in [-0.05, 0) is 17.3 Å². The van der Waals surface area contributed by atoms with Gasteiger partial charge in [-0.25, -0.2) is 0 Å². The van der Waals surface area contributed by atoms with Gasteiger partial charge in [-0.3, -0.25) is 4.79 Å². The Kier molecular flexibility index (Phi) is 4.59. The maximum atomic E-state index is 12.0. The summed E-state index contributed by atoms with van der Waals surface area (Å²) in [5.74, 6) is 0.283. The molecule has 1 aliphatic heterocycles. The molecule has 1 fully saturated rings. The van der Waals surface area contributed by atoms with Crippen LogP contribution in [0.25, 0.3) is 0 Å². The Morgan fingerprint density at radius 3 is 2.12 bits per heavy atom. The first kappa shape index (κ1) is 14.5. The van der Waals surface area contributed by atoms with Crippen molar-refractivity contribution >= 4 is 5.91 Å². The van der Waals surface area contributed by atoms with E-state index in [9.17, 15) is 4.79 Å². The monoisotopic (exact) mass is 241 g/mol. The zero-order valence-corrected chi connectivity index (χ0v) is 12.0. The SMILES string of the molecule is CC(C)(C)C(C)(C)CCC(=O)N1CCOCC1. The number of carbonyl (C=O) groups is 1. The molecule has 17 heavy (non-hydrogen) atoms. The van der Waals surface area contributed by atoms with E-state index in [1.807, 2.05) is 4.90 Å². The molecule has 1 amide bonds. The third-order valence-electron chi connectivity index (χ3n) is 4.36. The Bertz CT molecular complexity index is 260. The molecular formula is C14H27NO2. The molecule has 0 spiro atoms. The molecule has 0 aromatic carbocycles. The second kappa shape index (κ2) is 5.38. The molecule has 3 heteroatoms. The summed E-state index contributed by atoms with van der Waals surface area (Å²) in [7, 11) is 0. The van der Waals surface area contributed by atoms with Crippen LogP contribution in [0, 0.1) is 10.8 Å². The second-order valence-electron chi connectivity index (χ2n) is 6.63. The van der Waals surface area contributed by atoms with Gasteiger partial charge in [0.15, 0.2) is 0 Å². The van der Waals surface area contributed by atoms with Crippen molar-refractivity contribution in [1.29, 1.82) is 0 Å². The summed E-state index contributed by atoms with van der Waals surface area (Å²) >= 11 is 0. The molecule has 1 rings (SSSR count). The first-order valence-electron chi connectivity index (χ1n) is 6.59. The van der Waals surface area contributed by atoms with Gasteiger partial charge in [0.1, 0.15) is 0 Å². The zero-order valence-electron chi connectivity index (χ0n) is 12.0. The first-order valence-corrected chi connectivity index (χ1v) is 6.59. The third-order valence-corrected chi connectivity index (χ3v) is 4.36. The fourth-order valence-corrected chi connectivity index (χ4v) is 1.77. The van der Waals surface area contributed by atoms with Gasteiger partial charge in [0.2, 0.25) is 5.91 Å². The van der Waals surface area contributed by atoms with E-state index in [0.29, 0.717) is 19.6 Å². The minimum absolute atomic E-state index is 0.189. The number of hydrogen-bond donors (Lipinski definition) is 0. The van der Waals surface area contributed by atoms with Crippen LogP contribution in [0.3, 0.4) is 0 Å². The fraction of sp³-hybridized carbons (Fsp3) is 0.929. The second-order valence-corrected chi connectivity index (χ2v) is 6.63. The summed E-state index contributed by atoms with van der Waals surface area (Å²) in [6.45, 7) is 14.1. The smallest absolute Gasteiger partial charge is 0.222 e. The number of hydrogen-bond acceptors (Lipinski definition) is 2. The first-order chi connectivity index (χ1) is 7.74. The number of ether oxygens (including phenoxy) is 1. The Morgan fingerprint density at radius 1 is 1.12 bits per heavy atom. The van der Waals surface area contributed by atoms with Crippen LogP contribution in [-0.2, 0) is 9.53 Å². The molecule has 0 bridgehead atoms. The van der Waals surface area contributed by atoms with Crippen molar-refractivity contribution in [3.63, 3.8) is 0 Å². The summed E-state index contributed by atoms with van der Waals surface area (Å²) < 4.78 is 5.26.